The number of ether oxygens (including phenoxy) is 2. The largest absolute Gasteiger partial charge is 0.478 e. The van der Waals surface area contributed by atoms with E-state index in [9.17, 15) is 4.79 Å². The maximum Gasteiger partial charge on any atom is 0.223 e. The fourth-order valence-corrected chi connectivity index (χ4v) is 2.61. The molecule has 2 heterocycles. The number of hydrogen-bond donors (Lipinski definition) is 1. The number of carbonyl (C=O) groups is 1. The molecule has 5 nitrogen and oxygen atoms in total. The first kappa shape index (κ1) is 15.8. The summed E-state index contributed by atoms with van der Waals surface area (Å²) in [4.78, 5) is 16.5. The van der Waals surface area contributed by atoms with E-state index in [4.69, 9.17) is 9.47 Å². The zero-order chi connectivity index (χ0) is 15.3. The molecule has 1 fully saturated rings. The minimum absolute atomic E-state index is 0.0148. The van der Waals surface area contributed by atoms with E-state index in [0.29, 0.717) is 25.6 Å². The highest BCUT2D eigenvalue weighted by Crippen LogP contribution is 2.28. The van der Waals surface area contributed by atoms with Crippen LogP contribution in [0.4, 0.5) is 0 Å². The summed E-state index contributed by atoms with van der Waals surface area (Å²) in [6.45, 7) is 7.62. The lowest BCUT2D eigenvalue weighted by Gasteiger charge is -2.34. The molecule has 1 atom stereocenters. The van der Waals surface area contributed by atoms with E-state index in [0.717, 1.165) is 18.4 Å². The smallest absolute Gasteiger partial charge is 0.223 e. The van der Waals surface area contributed by atoms with Crippen LogP contribution >= 0.6 is 0 Å². The van der Waals surface area contributed by atoms with Crippen molar-refractivity contribution in [3.8, 4) is 5.88 Å². The highest BCUT2D eigenvalue weighted by atomic mass is 16.5. The van der Waals surface area contributed by atoms with Crippen LogP contribution in [0.2, 0.25) is 0 Å². The van der Waals surface area contributed by atoms with Crippen LogP contribution in [0.5, 0.6) is 5.88 Å². The van der Waals surface area contributed by atoms with E-state index in [1.54, 1.807) is 6.20 Å². The monoisotopic (exact) mass is 292 g/mol. The van der Waals surface area contributed by atoms with Gasteiger partial charge in [-0.25, -0.2) is 4.98 Å². The van der Waals surface area contributed by atoms with Crippen molar-refractivity contribution in [1.82, 2.24) is 10.3 Å². The lowest BCUT2D eigenvalue weighted by atomic mass is 9.88. The van der Waals surface area contributed by atoms with E-state index in [2.05, 4.69) is 10.3 Å². The SMILES string of the molecule is CCOc1ncccc1CNC(=O)[C@H]1CCOC(C)(C)C1. The molecule has 0 saturated carbocycles. The molecule has 2 rings (SSSR count). The predicted octanol–water partition coefficient (Wildman–Crippen LogP) is 2.30. The zero-order valence-corrected chi connectivity index (χ0v) is 13.0. The summed E-state index contributed by atoms with van der Waals surface area (Å²) in [5, 5.41) is 2.99. The lowest BCUT2D eigenvalue weighted by Crippen LogP contribution is -2.41. The van der Waals surface area contributed by atoms with Gasteiger partial charge in [0.25, 0.3) is 0 Å². The Bertz CT molecular complexity index is 488. The van der Waals surface area contributed by atoms with Gasteiger partial charge in [0.1, 0.15) is 0 Å². The van der Waals surface area contributed by atoms with Crippen LogP contribution in [0.3, 0.4) is 0 Å². The van der Waals surface area contributed by atoms with Crippen molar-refractivity contribution in [2.24, 2.45) is 5.92 Å². The number of hydrogen-bond acceptors (Lipinski definition) is 4. The van der Waals surface area contributed by atoms with E-state index < -0.39 is 0 Å². The second-order valence-electron chi connectivity index (χ2n) is 5.92. The van der Waals surface area contributed by atoms with Crippen LogP contribution in [0, 0.1) is 5.92 Å². The quantitative estimate of drug-likeness (QED) is 0.904. The third-order valence-corrected chi connectivity index (χ3v) is 3.65. The van der Waals surface area contributed by atoms with Crippen LogP contribution < -0.4 is 10.1 Å². The molecule has 0 unspecified atom stereocenters. The molecule has 0 radical (unpaired) electrons. The van der Waals surface area contributed by atoms with Crippen molar-refractivity contribution >= 4 is 5.91 Å². The number of nitrogens with one attached hydrogen (secondary N) is 1. The highest BCUT2D eigenvalue weighted by molar-refractivity contribution is 5.78. The molecule has 1 N–H and O–H groups in total. The Morgan fingerprint density at radius 1 is 1.57 bits per heavy atom. The molecule has 5 heteroatoms. The molecule has 1 saturated heterocycles. The first-order valence-corrected chi connectivity index (χ1v) is 7.50. The number of rotatable bonds is 5. The average molecular weight is 292 g/mol. The third kappa shape index (κ3) is 4.43. The van der Waals surface area contributed by atoms with Gasteiger partial charge >= 0.3 is 0 Å². The van der Waals surface area contributed by atoms with Crippen LogP contribution in [0.1, 0.15) is 39.2 Å². The van der Waals surface area contributed by atoms with Crippen LogP contribution in [0.25, 0.3) is 0 Å². The Hall–Kier alpha value is -1.62. The van der Waals surface area contributed by atoms with E-state index in [-0.39, 0.29) is 17.4 Å². The predicted molar refractivity (Wildman–Crippen MR) is 80.0 cm³/mol. The van der Waals surface area contributed by atoms with E-state index in [1.165, 1.54) is 0 Å². The molecule has 1 amide bonds. The molecule has 1 aromatic heterocycles. The zero-order valence-electron chi connectivity index (χ0n) is 13.0. The highest BCUT2D eigenvalue weighted by Gasteiger charge is 2.32. The summed E-state index contributed by atoms with van der Waals surface area (Å²) >= 11 is 0. The van der Waals surface area contributed by atoms with Crippen molar-refractivity contribution in [3.05, 3.63) is 23.9 Å². The molecule has 1 aliphatic rings. The summed E-state index contributed by atoms with van der Waals surface area (Å²) in [6, 6.07) is 3.77. The van der Waals surface area contributed by atoms with Gasteiger partial charge in [-0.3, -0.25) is 4.79 Å². The first-order valence-electron chi connectivity index (χ1n) is 7.50. The molecule has 0 aliphatic carbocycles. The average Bonchev–Trinajstić information content (AvgIpc) is 2.45. The Labute approximate surface area is 126 Å². The van der Waals surface area contributed by atoms with Gasteiger partial charge in [0.15, 0.2) is 0 Å². The van der Waals surface area contributed by atoms with Gasteiger partial charge in [0, 0.05) is 30.8 Å². The summed E-state index contributed by atoms with van der Waals surface area (Å²) in [6.07, 6.45) is 3.22. The van der Waals surface area contributed by atoms with Crippen molar-refractivity contribution in [2.45, 2.75) is 45.8 Å². The van der Waals surface area contributed by atoms with Gasteiger partial charge in [-0.05, 0) is 39.7 Å². The summed E-state index contributed by atoms with van der Waals surface area (Å²) in [5.41, 5.74) is 0.685. The Morgan fingerprint density at radius 2 is 2.38 bits per heavy atom. The van der Waals surface area contributed by atoms with Gasteiger partial charge < -0.3 is 14.8 Å². The van der Waals surface area contributed by atoms with Crippen molar-refractivity contribution in [1.29, 1.82) is 0 Å². The Kier molecular flexibility index (Phi) is 5.17. The molecule has 21 heavy (non-hydrogen) atoms. The summed E-state index contributed by atoms with van der Waals surface area (Å²) in [5.74, 6) is 0.686. The normalized spacial score (nSPS) is 20.8. The standard InChI is InChI=1S/C16H24N2O3/c1-4-20-15-13(6-5-8-17-15)11-18-14(19)12-7-9-21-16(2,3)10-12/h5-6,8,12H,4,7,9-11H2,1-3H3,(H,18,19)/t12-/m0/s1. The Morgan fingerprint density at radius 3 is 3.10 bits per heavy atom. The van der Waals surface area contributed by atoms with Crippen molar-refractivity contribution < 1.29 is 14.3 Å². The van der Waals surface area contributed by atoms with Gasteiger partial charge in [0.05, 0.1) is 12.2 Å². The fourth-order valence-electron chi connectivity index (χ4n) is 2.61. The molecule has 0 spiro atoms. The maximum absolute atomic E-state index is 12.3. The van der Waals surface area contributed by atoms with E-state index >= 15 is 0 Å². The minimum Gasteiger partial charge on any atom is -0.478 e. The number of aromatic nitrogens is 1. The maximum atomic E-state index is 12.3. The van der Waals surface area contributed by atoms with Crippen LogP contribution in [-0.2, 0) is 16.1 Å². The molecular weight excluding hydrogens is 268 g/mol. The van der Waals surface area contributed by atoms with E-state index in [1.807, 2.05) is 32.9 Å². The van der Waals surface area contributed by atoms with Gasteiger partial charge in [-0.15, -0.1) is 0 Å². The van der Waals surface area contributed by atoms with Gasteiger partial charge in [-0.1, -0.05) is 6.07 Å². The minimum atomic E-state index is -0.217. The Balaban J connectivity index is 1.92. The second-order valence-corrected chi connectivity index (χ2v) is 5.92. The van der Waals surface area contributed by atoms with Crippen molar-refractivity contribution in [2.75, 3.05) is 13.2 Å². The molecule has 0 aromatic carbocycles. The third-order valence-electron chi connectivity index (χ3n) is 3.65. The number of pyridine rings is 1. The number of nitrogens with zero attached hydrogens (tertiary/aromatic N) is 1. The van der Waals surface area contributed by atoms with Gasteiger partial charge in [0.2, 0.25) is 11.8 Å². The first-order chi connectivity index (χ1) is 10.0. The number of amides is 1. The van der Waals surface area contributed by atoms with Crippen LogP contribution in [-0.4, -0.2) is 29.7 Å². The lowest BCUT2D eigenvalue weighted by molar-refractivity contribution is -0.135. The number of carbonyl (C=O) groups excluding carboxylic acids is 1. The van der Waals surface area contributed by atoms with Crippen molar-refractivity contribution in [3.63, 3.8) is 0 Å². The summed E-state index contributed by atoms with van der Waals surface area (Å²) in [7, 11) is 0. The molecule has 1 aliphatic heterocycles. The summed E-state index contributed by atoms with van der Waals surface area (Å²) < 4.78 is 11.1. The molecule has 116 valence electrons. The molecule has 0 bridgehead atoms. The van der Waals surface area contributed by atoms with Crippen LogP contribution in [0.15, 0.2) is 18.3 Å². The molecular formula is C16H24N2O3. The fraction of sp³-hybridized carbons (Fsp3) is 0.625. The second kappa shape index (κ2) is 6.89. The topological polar surface area (TPSA) is 60.5 Å². The van der Waals surface area contributed by atoms with Gasteiger partial charge in [-0.2, -0.15) is 0 Å². The molecule has 1 aromatic rings.